The highest BCUT2D eigenvalue weighted by Gasteiger charge is 2.22. The van der Waals surface area contributed by atoms with Gasteiger partial charge in [-0.25, -0.2) is 0 Å². The highest BCUT2D eigenvalue weighted by atomic mass is 16.1. The minimum atomic E-state index is -0.161. The molecule has 6 nitrogen and oxygen atoms in total. The number of carbonyl (C=O) groups is 1. The van der Waals surface area contributed by atoms with Crippen molar-refractivity contribution in [3.05, 3.63) is 82.4 Å². The summed E-state index contributed by atoms with van der Waals surface area (Å²) in [4.78, 5) is 15.0. The Hall–Kier alpha value is -2.99. The van der Waals surface area contributed by atoms with Crippen LogP contribution in [0.1, 0.15) is 53.3 Å². The Bertz CT molecular complexity index is 1060. The third-order valence-electron chi connectivity index (χ3n) is 6.37. The van der Waals surface area contributed by atoms with Gasteiger partial charge in [0, 0.05) is 39.0 Å². The van der Waals surface area contributed by atoms with E-state index in [1.165, 1.54) is 22.3 Å². The number of rotatable bonds is 7. The van der Waals surface area contributed by atoms with E-state index in [-0.39, 0.29) is 11.9 Å². The Balaban J connectivity index is 1.34. The molecular formula is C26H33N5O. The topological polar surface area (TPSA) is 63.1 Å². The van der Waals surface area contributed by atoms with Crippen molar-refractivity contribution < 1.29 is 4.79 Å². The maximum absolute atomic E-state index is 12.5. The zero-order chi connectivity index (χ0) is 22.5. The quantitative estimate of drug-likeness (QED) is 0.619. The Morgan fingerprint density at radius 3 is 2.59 bits per heavy atom. The first kappa shape index (κ1) is 22.2. The summed E-state index contributed by atoms with van der Waals surface area (Å²) < 4.78 is 2.20. The van der Waals surface area contributed by atoms with Crippen LogP contribution in [0, 0.1) is 13.8 Å². The van der Waals surface area contributed by atoms with Crippen LogP contribution in [-0.2, 0) is 30.7 Å². The molecule has 0 spiro atoms. The number of nitrogens with zero attached hydrogens (tertiary/aromatic N) is 4. The van der Waals surface area contributed by atoms with Crippen molar-refractivity contribution in [2.24, 2.45) is 0 Å². The average Bonchev–Trinajstić information content (AvgIpc) is 3.10. The summed E-state index contributed by atoms with van der Waals surface area (Å²) in [6, 6.07) is 16.7. The van der Waals surface area contributed by atoms with Crippen LogP contribution in [0.15, 0.2) is 48.5 Å². The molecule has 0 bridgehead atoms. The number of aromatic nitrogens is 3. The van der Waals surface area contributed by atoms with Gasteiger partial charge in [0.15, 0.2) is 5.82 Å². The predicted octanol–water partition coefficient (Wildman–Crippen LogP) is 3.76. The summed E-state index contributed by atoms with van der Waals surface area (Å²) in [7, 11) is 0. The maximum atomic E-state index is 12.5. The smallest absolute Gasteiger partial charge is 0.220 e. The van der Waals surface area contributed by atoms with Gasteiger partial charge in [0.25, 0.3) is 0 Å². The second-order valence-corrected chi connectivity index (χ2v) is 8.85. The first-order chi connectivity index (χ1) is 15.5. The highest BCUT2D eigenvalue weighted by Crippen LogP contribution is 2.18. The van der Waals surface area contributed by atoms with Crippen LogP contribution in [-0.4, -0.2) is 38.7 Å². The molecule has 0 unspecified atom stereocenters. The lowest BCUT2D eigenvalue weighted by atomic mass is 10.1. The molecule has 2 aromatic carbocycles. The normalized spacial score (nSPS) is 15.1. The van der Waals surface area contributed by atoms with Crippen LogP contribution in [0.4, 0.5) is 0 Å². The predicted molar refractivity (Wildman–Crippen MR) is 126 cm³/mol. The van der Waals surface area contributed by atoms with Crippen molar-refractivity contribution in [3.63, 3.8) is 0 Å². The molecule has 1 aliphatic heterocycles. The SMILES string of the molecule is Cc1ccc(CN2CCc3nnc([C@@H](C)NC(=O)CCc4ccccc4)n3CC2)cc1C. The minimum Gasteiger partial charge on any atom is -0.346 e. The largest absolute Gasteiger partial charge is 0.346 e. The molecule has 1 aliphatic rings. The van der Waals surface area contributed by atoms with Crippen molar-refractivity contribution in [2.75, 3.05) is 13.1 Å². The van der Waals surface area contributed by atoms with E-state index in [2.05, 4.69) is 69.2 Å². The van der Waals surface area contributed by atoms with Gasteiger partial charge in [0.1, 0.15) is 5.82 Å². The van der Waals surface area contributed by atoms with E-state index in [1.54, 1.807) is 0 Å². The number of amides is 1. The van der Waals surface area contributed by atoms with E-state index in [4.69, 9.17) is 0 Å². The summed E-state index contributed by atoms with van der Waals surface area (Å²) in [5.74, 6) is 1.90. The van der Waals surface area contributed by atoms with Gasteiger partial charge in [-0.15, -0.1) is 10.2 Å². The molecule has 2 heterocycles. The van der Waals surface area contributed by atoms with Crippen LogP contribution in [0.5, 0.6) is 0 Å². The Kier molecular flexibility index (Phi) is 7.00. The van der Waals surface area contributed by atoms with E-state index < -0.39 is 0 Å². The van der Waals surface area contributed by atoms with Crippen LogP contribution >= 0.6 is 0 Å². The lowest BCUT2D eigenvalue weighted by Crippen LogP contribution is -2.30. The third-order valence-corrected chi connectivity index (χ3v) is 6.37. The first-order valence-electron chi connectivity index (χ1n) is 11.5. The summed E-state index contributed by atoms with van der Waals surface area (Å²) in [5, 5.41) is 12.0. The van der Waals surface area contributed by atoms with Gasteiger partial charge < -0.3 is 9.88 Å². The lowest BCUT2D eigenvalue weighted by Gasteiger charge is -2.20. The first-order valence-corrected chi connectivity index (χ1v) is 11.5. The van der Waals surface area contributed by atoms with Gasteiger partial charge in [-0.1, -0.05) is 48.5 Å². The Morgan fingerprint density at radius 2 is 1.81 bits per heavy atom. The average molecular weight is 432 g/mol. The van der Waals surface area contributed by atoms with Gasteiger partial charge in [-0.05, 0) is 49.4 Å². The molecule has 0 fully saturated rings. The Morgan fingerprint density at radius 1 is 1.00 bits per heavy atom. The van der Waals surface area contributed by atoms with Crippen LogP contribution in [0.25, 0.3) is 0 Å². The van der Waals surface area contributed by atoms with E-state index in [9.17, 15) is 4.79 Å². The molecule has 0 saturated carbocycles. The second kappa shape index (κ2) is 10.1. The fraction of sp³-hybridized carbons (Fsp3) is 0.423. The van der Waals surface area contributed by atoms with E-state index in [0.29, 0.717) is 6.42 Å². The molecule has 4 rings (SSSR count). The zero-order valence-corrected chi connectivity index (χ0v) is 19.3. The van der Waals surface area contributed by atoms with Crippen molar-refractivity contribution in [3.8, 4) is 0 Å². The number of aryl methyl sites for hydroxylation is 3. The molecule has 3 aromatic rings. The molecule has 0 radical (unpaired) electrons. The van der Waals surface area contributed by atoms with Crippen molar-refractivity contribution in [2.45, 2.75) is 59.2 Å². The van der Waals surface area contributed by atoms with Crippen molar-refractivity contribution >= 4 is 5.91 Å². The second-order valence-electron chi connectivity index (χ2n) is 8.85. The maximum Gasteiger partial charge on any atom is 0.220 e. The summed E-state index contributed by atoms with van der Waals surface area (Å²) >= 11 is 0. The van der Waals surface area contributed by atoms with Crippen LogP contribution in [0.3, 0.4) is 0 Å². The molecule has 6 heteroatoms. The lowest BCUT2D eigenvalue weighted by molar-refractivity contribution is -0.121. The van der Waals surface area contributed by atoms with Crippen molar-refractivity contribution in [1.29, 1.82) is 0 Å². The van der Waals surface area contributed by atoms with Crippen LogP contribution < -0.4 is 5.32 Å². The molecule has 0 aliphatic carbocycles. The van der Waals surface area contributed by atoms with Crippen LogP contribution in [0.2, 0.25) is 0 Å². The molecule has 0 saturated heterocycles. The number of fused-ring (bicyclic) bond motifs is 1. The summed E-state index contributed by atoms with van der Waals surface area (Å²) in [6.07, 6.45) is 2.08. The van der Waals surface area contributed by atoms with E-state index in [0.717, 1.165) is 50.7 Å². The number of hydrogen-bond acceptors (Lipinski definition) is 4. The fourth-order valence-electron chi connectivity index (χ4n) is 4.31. The molecule has 1 amide bonds. The molecule has 1 aromatic heterocycles. The molecule has 1 atom stereocenters. The van der Waals surface area contributed by atoms with Gasteiger partial charge in [0.2, 0.25) is 5.91 Å². The van der Waals surface area contributed by atoms with Gasteiger partial charge in [0.05, 0.1) is 6.04 Å². The standard InChI is InChI=1S/C26H33N5O/c1-19-9-10-23(17-20(19)2)18-30-14-13-24-28-29-26(31(24)16-15-30)21(3)27-25(32)12-11-22-7-5-4-6-8-22/h4-10,17,21H,11-16,18H2,1-3H3,(H,27,32)/t21-/m1/s1. The number of hydrogen-bond donors (Lipinski definition) is 1. The zero-order valence-electron chi connectivity index (χ0n) is 19.3. The molecule has 1 N–H and O–H groups in total. The Labute approximate surface area is 190 Å². The monoisotopic (exact) mass is 431 g/mol. The number of nitrogens with one attached hydrogen (secondary N) is 1. The number of benzene rings is 2. The summed E-state index contributed by atoms with van der Waals surface area (Å²) in [5.41, 5.74) is 5.20. The molecule has 168 valence electrons. The van der Waals surface area contributed by atoms with E-state index in [1.807, 2.05) is 25.1 Å². The van der Waals surface area contributed by atoms with Gasteiger partial charge in [-0.3, -0.25) is 9.69 Å². The summed E-state index contributed by atoms with van der Waals surface area (Å²) in [6.45, 7) is 10.0. The van der Waals surface area contributed by atoms with Gasteiger partial charge in [-0.2, -0.15) is 0 Å². The highest BCUT2D eigenvalue weighted by molar-refractivity contribution is 5.76. The van der Waals surface area contributed by atoms with Crippen molar-refractivity contribution in [1.82, 2.24) is 25.0 Å². The third kappa shape index (κ3) is 5.43. The minimum absolute atomic E-state index is 0.0451. The van der Waals surface area contributed by atoms with Gasteiger partial charge >= 0.3 is 0 Å². The fourth-order valence-corrected chi connectivity index (χ4v) is 4.31. The molecule has 32 heavy (non-hydrogen) atoms. The molecular weight excluding hydrogens is 398 g/mol. The number of carbonyl (C=O) groups excluding carboxylic acids is 1. The van der Waals surface area contributed by atoms with E-state index >= 15 is 0 Å².